The van der Waals surface area contributed by atoms with Gasteiger partial charge in [-0.05, 0) is 17.7 Å². The quantitative estimate of drug-likeness (QED) is 0.593. The summed E-state index contributed by atoms with van der Waals surface area (Å²) in [7, 11) is 3.40. The summed E-state index contributed by atoms with van der Waals surface area (Å²) >= 11 is 1.02. The summed E-state index contributed by atoms with van der Waals surface area (Å²) in [6.07, 6.45) is -2.08. The van der Waals surface area contributed by atoms with Crippen molar-refractivity contribution in [3.05, 3.63) is 35.7 Å². The molecule has 0 bridgehead atoms. The second-order valence-electron chi connectivity index (χ2n) is 8.54. The average molecular weight is 478 g/mol. The second kappa shape index (κ2) is 7.94. The van der Waals surface area contributed by atoms with Crippen LogP contribution < -0.4 is 15.1 Å². The van der Waals surface area contributed by atoms with Crippen molar-refractivity contribution in [1.82, 2.24) is 19.3 Å². The molecule has 8 nitrogen and oxygen atoms in total. The molecule has 0 saturated heterocycles. The highest BCUT2D eigenvalue weighted by atomic mass is 32.1. The Balaban J connectivity index is 1.65. The maximum Gasteiger partial charge on any atom is 0.417 e. The molecule has 0 aliphatic carbocycles. The molecule has 3 aromatic heterocycles. The number of hydrogen-bond acceptors (Lipinski definition) is 8. The van der Waals surface area contributed by atoms with Crippen molar-refractivity contribution in [3.63, 3.8) is 0 Å². The largest absolute Gasteiger partial charge is 0.417 e. The lowest BCUT2D eigenvalue weighted by molar-refractivity contribution is -0.137. The van der Waals surface area contributed by atoms with E-state index in [9.17, 15) is 18.0 Å². The van der Waals surface area contributed by atoms with Gasteiger partial charge in [-0.2, -0.15) is 22.5 Å². The van der Waals surface area contributed by atoms with Gasteiger partial charge >= 0.3 is 6.18 Å². The van der Waals surface area contributed by atoms with Crippen LogP contribution in [0, 0.1) is 0 Å². The molecule has 1 aliphatic rings. The minimum absolute atomic E-state index is 0.0190. The van der Waals surface area contributed by atoms with Crippen LogP contribution >= 0.6 is 11.5 Å². The Kier molecular flexibility index (Phi) is 5.51. The number of carbonyl (C=O) groups excluding carboxylic acids is 1. The van der Waals surface area contributed by atoms with Crippen molar-refractivity contribution in [1.29, 1.82) is 0 Å². The van der Waals surface area contributed by atoms with E-state index in [1.165, 1.54) is 14.0 Å². The molecule has 33 heavy (non-hydrogen) atoms. The van der Waals surface area contributed by atoms with Gasteiger partial charge in [0.1, 0.15) is 5.69 Å². The van der Waals surface area contributed by atoms with Crippen LogP contribution in [-0.2, 0) is 16.4 Å². The number of amides is 1. The Morgan fingerprint density at radius 3 is 2.64 bits per heavy atom. The first kappa shape index (κ1) is 22.9. The van der Waals surface area contributed by atoms with Crippen LogP contribution in [-0.4, -0.2) is 45.9 Å². The van der Waals surface area contributed by atoms with Crippen LogP contribution in [0.4, 0.5) is 35.5 Å². The van der Waals surface area contributed by atoms with Gasteiger partial charge in [-0.3, -0.25) is 9.78 Å². The van der Waals surface area contributed by atoms with Crippen molar-refractivity contribution in [2.24, 2.45) is 0 Å². The van der Waals surface area contributed by atoms with Gasteiger partial charge < -0.3 is 15.1 Å². The highest BCUT2D eigenvalue weighted by molar-refractivity contribution is 7.09. The number of aromatic nitrogens is 4. The van der Waals surface area contributed by atoms with Gasteiger partial charge in [0.15, 0.2) is 11.6 Å². The van der Waals surface area contributed by atoms with Gasteiger partial charge in [-0.15, -0.1) is 0 Å². The SMILES string of the molecule is CC(=O)N(C)c1cc(C(F)(F)F)cnc1Nc1nc(-c2cc3c(cn2)N(C)CC3(C)C)ns1. The highest BCUT2D eigenvalue weighted by Crippen LogP contribution is 2.41. The zero-order valence-corrected chi connectivity index (χ0v) is 19.5. The van der Waals surface area contributed by atoms with Gasteiger partial charge in [0, 0.05) is 50.7 Å². The van der Waals surface area contributed by atoms with Crippen molar-refractivity contribution in [3.8, 4) is 11.5 Å². The number of carbonyl (C=O) groups is 1. The lowest BCUT2D eigenvalue weighted by Crippen LogP contribution is -2.24. The number of nitrogens with one attached hydrogen (secondary N) is 1. The zero-order chi connectivity index (χ0) is 24.1. The smallest absolute Gasteiger partial charge is 0.372 e. The Bertz CT molecular complexity index is 1220. The van der Waals surface area contributed by atoms with E-state index in [1.807, 2.05) is 13.1 Å². The molecule has 0 unspecified atom stereocenters. The molecule has 1 N–H and O–H groups in total. The number of anilines is 4. The van der Waals surface area contributed by atoms with Gasteiger partial charge in [0.25, 0.3) is 0 Å². The minimum atomic E-state index is -4.59. The maximum atomic E-state index is 13.2. The maximum absolute atomic E-state index is 13.2. The van der Waals surface area contributed by atoms with E-state index in [-0.39, 0.29) is 16.9 Å². The van der Waals surface area contributed by atoms with Crippen molar-refractivity contribution >= 4 is 39.8 Å². The predicted molar refractivity (Wildman–Crippen MR) is 121 cm³/mol. The van der Waals surface area contributed by atoms with Crippen LogP contribution in [0.2, 0.25) is 0 Å². The predicted octanol–water partition coefficient (Wildman–Crippen LogP) is 4.47. The fourth-order valence-corrected chi connectivity index (χ4v) is 4.37. The molecular weight excluding hydrogens is 455 g/mol. The summed E-state index contributed by atoms with van der Waals surface area (Å²) in [6.45, 7) is 6.44. The molecule has 0 aromatic carbocycles. The molecule has 4 rings (SSSR count). The number of rotatable bonds is 4. The van der Waals surface area contributed by atoms with E-state index in [4.69, 9.17) is 0 Å². The average Bonchev–Trinajstić information content (AvgIpc) is 3.28. The molecule has 0 spiro atoms. The van der Waals surface area contributed by atoms with Crippen LogP contribution in [0.5, 0.6) is 0 Å². The van der Waals surface area contributed by atoms with E-state index in [0.29, 0.717) is 22.8 Å². The van der Waals surface area contributed by atoms with Crippen molar-refractivity contribution < 1.29 is 18.0 Å². The third kappa shape index (κ3) is 4.34. The fraction of sp³-hybridized carbons (Fsp3) is 0.381. The Labute approximate surface area is 192 Å². The molecule has 1 amide bonds. The number of alkyl halides is 3. The van der Waals surface area contributed by atoms with E-state index >= 15 is 0 Å². The van der Waals surface area contributed by atoms with Gasteiger partial charge in [0.2, 0.25) is 11.0 Å². The summed E-state index contributed by atoms with van der Waals surface area (Å²) in [5.41, 5.74) is 1.79. The van der Waals surface area contributed by atoms with Gasteiger partial charge in [0.05, 0.1) is 23.1 Å². The molecule has 1 aliphatic heterocycles. The van der Waals surface area contributed by atoms with Crippen LogP contribution in [0.3, 0.4) is 0 Å². The molecule has 4 heterocycles. The van der Waals surface area contributed by atoms with Crippen molar-refractivity contribution in [2.75, 3.05) is 35.8 Å². The summed E-state index contributed by atoms with van der Waals surface area (Å²) in [6, 6.07) is 2.84. The van der Waals surface area contributed by atoms with Crippen molar-refractivity contribution in [2.45, 2.75) is 32.4 Å². The summed E-state index contributed by atoms with van der Waals surface area (Å²) in [4.78, 5) is 27.9. The minimum Gasteiger partial charge on any atom is -0.372 e. The lowest BCUT2D eigenvalue weighted by atomic mass is 9.87. The summed E-state index contributed by atoms with van der Waals surface area (Å²) < 4.78 is 43.8. The topological polar surface area (TPSA) is 87.1 Å². The summed E-state index contributed by atoms with van der Waals surface area (Å²) in [5.74, 6) is 0.0177. The number of hydrogen-bond donors (Lipinski definition) is 1. The Hall–Kier alpha value is -3.28. The van der Waals surface area contributed by atoms with E-state index < -0.39 is 17.6 Å². The number of nitrogens with zero attached hydrogens (tertiary/aromatic N) is 6. The number of halogens is 3. The second-order valence-corrected chi connectivity index (χ2v) is 9.29. The molecule has 174 valence electrons. The molecule has 3 aromatic rings. The lowest BCUT2D eigenvalue weighted by Gasteiger charge is -2.20. The molecule has 12 heteroatoms. The standard InChI is InChI=1S/C21H22F3N7OS/c1-11(32)31(5)15-6-12(21(22,23)24)8-26-18(15)28-19-27-17(29-33-19)14-7-13-16(9-25-14)30(4)10-20(13,2)3/h6-9H,10H2,1-5H3,(H,26,27,28,29). The Morgan fingerprint density at radius 2 is 1.97 bits per heavy atom. The number of pyridine rings is 2. The Morgan fingerprint density at radius 1 is 1.24 bits per heavy atom. The monoisotopic (exact) mass is 477 g/mol. The van der Waals surface area contributed by atoms with Gasteiger partial charge in [-0.1, -0.05) is 13.8 Å². The third-order valence-electron chi connectivity index (χ3n) is 5.56. The number of likely N-dealkylation sites (N-methyl/N-ethyl adjacent to an activating group) is 1. The van der Waals surface area contributed by atoms with E-state index in [2.05, 4.69) is 43.4 Å². The van der Waals surface area contributed by atoms with Gasteiger partial charge in [-0.25, -0.2) is 4.98 Å². The molecule has 0 atom stereocenters. The normalized spacial score (nSPS) is 14.8. The third-order valence-corrected chi connectivity index (χ3v) is 6.20. The molecular formula is C21H22F3N7OS. The van der Waals surface area contributed by atoms with E-state index in [0.717, 1.165) is 40.3 Å². The van der Waals surface area contributed by atoms with Crippen LogP contribution in [0.1, 0.15) is 31.9 Å². The first-order valence-electron chi connectivity index (χ1n) is 10.0. The first-order chi connectivity index (χ1) is 15.4. The molecule has 0 radical (unpaired) electrons. The zero-order valence-electron chi connectivity index (χ0n) is 18.7. The molecule has 0 saturated carbocycles. The summed E-state index contributed by atoms with van der Waals surface area (Å²) in [5, 5.41) is 3.20. The van der Waals surface area contributed by atoms with Crippen LogP contribution in [0.25, 0.3) is 11.5 Å². The first-order valence-corrected chi connectivity index (χ1v) is 10.8. The highest BCUT2D eigenvalue weighted by Gasteiger charge is 2.34. The van der Waals surface area contributed by atoms with Crippen LogP contribution in [0.15, 0.2) is 24.5 Å². The fourth-order valence-electron chi connectivity index (χ4n) is 3.79. The number of fused-ring (bicyclic) bond motifs is 1. The molecule has 0 fully saturated rings. The van der Waals surface area contributed by atoms with E-state index in [1.54, 1.807) is 6.20 Å².